The average Bonchev–Trinajstić information content (AvgIpc) is 2.60. The minimum atomic E-state index is -0.563. The fourth-order valence-corrected chi connectivity index (χ4v) is 2.97. The van der Waals surface area contributed by atoms with E-state index in [1.807, 2.05) is 24.3 Å². The maximum Gasteiger partial charge on any atom is 0.411 e. The third-order valence-corrected chi connectivity index (χ3v) is 4.46. The number of benzene rings is 2. The van der Waals surface area contributed by atoms with Crippen LogP contribution in [0.3, 0.4) is 0 Å². The summed E-state index contributed by atoms with van der Waals surface area (Å²) in [6, 6.07) is 14.1. The number of amides is 1. The molecule has 0 spiro atoms. The van der Waals surface area contributed by atoms with Crippen molar-refractivity contribution >= 4 is 45.3 Å². The molecule has 0 aliphatic carbocycles. The van der Waals surface area contributed by atoms with Gasteiger partial charge in [0, 0.05) is 28.8 Å². The number of carbonyl (C=O) groups excluding carboxylic acids is 1. The number of carbonyl (C=O) groups is 1. The molecule has 0 fully saturated rings. The summed E-state index contributed by atoms with van der Waals surface area (Å²) in [4.78, 5) is 23.4. The van der Waals surface area contributed by atoms with E-state index in [1.54, 1.807) is 25.1 Å². The van der Waals surface area contributed by atoms with E-state index in [4.69, 9.17) is 13.9 Å². The highest BCUT2D eigenvalue weighted by atomic mass is 127. The summed E-state index contributed by atoms with van der Waals surface area (Å²) in [6.07, 6.45) is -0.563. The number of anilines is 1. The summed E-state index contributed by atoms with van der Waals surface area (Å²) < 4.78 is 16.9. The van der Waals surface area contributed by atoms with Crippen LogP contribution < -0.4 is 15.7 Å². The maximum absolute atomic E-state index is 11.9. The highest BCUT2D eigenvalue weighted by molar-refractivity contribution is 14.1. The molecule has 26 heavy (non-hydrogen) atoms. The fraction of sp³-hybridized carbons (Fsp3) is 0.158. The number of ether oxygens (including phenoxy) is 2. The van der Waals surface area contributed by atoms with Crippen LogP contribution in [0.1, 0.15) is 12.5 Å². The molecule has 3 aromatic rings. The summed E-state index contributed by atoms with van der Waals surface area (Å²) in [7, 11) is 0. The molecule has 134 valence electrons. The first-order valence-corrected chi connectivity index (χ1v) is 9.02. The number of rotatable bonds is 5. The molecule has 1 aromatic heterocycles. The molecule has 0 saturated heterocycles. The van der Waals surface area contributed by atoms with E-state index >= 15 is 0 Å². The van der Waals surface area contributed by atoms with Crippen molar-refractivity contribution in [1.29, 1.82) is 0 Å². The van der Waals surface area contributed by atoms with Gasteiger partial charge >= 0.3 is 11.7 Å². The van der Waals surface area contributed by atoms with Gasteiger partial charge in [-0.1, -0.05) is 12.1 Å². The second-order valence-corrected chi connectivity index (χ2v) is 6.53. The second-order valence-electron chi connectivity index (χ2n) is 5.37. The lowest BCUT2D eigenvalue weighted by Gasteiger charge is -2.10. The highest BCUT2D eigenvalue weighted by Gasteiger charge is 2.10. The highest BCUT2D eigenvalue weighted by Crippen LogP contribution is 2.25. The molecule has 3 rings (SSSR count). The summed E-state index contributed by atoms with van der Waals surface area (Å²) in [5, 5.41) is 3.32. The molecule has 2 aromatic carbocycles. The summed E-state index contributed by atoms with van der Waals surface area (Å²) >= 11 is 2.19. The van der Waals surface area contributed by atoms with E-state index < -0.39 is 11.7 Å². The molecular weight excluding hydrogens is 449 g/mol. The van der Waals surface area contributed by atoms with Crippen molar-refractivity contribution in [1.82, 2.24) is 0 Å². The quantitative estimate of drug-likeness (QED) is 0.442. The molecule has 1 heterocycles. The van der Waals surface area contributed by atoms with Crippen LogP contribution in [-0.4, -0.2) is 12.7 Å². The summed E-state index contributed by atoms with van der Waals surface area (Å²) in [6.45, 7) is 2.22. The minimum absolute atomic E-state index is 0.229. The van der Waals surface area contributed by atoms with Crippen molar-refractivity contribution in [2.75, 3.05) is 11.9 Å². The number of fused-ring (bicyclic) bond motifs is 1. The Balaban J connectivity index is 1.87. The molecular formula is C19H16INO5. The molecule has 0 bridgehead atoms. The van der Waals surface area contributed by atoms with E-state index in [1.165, 1.54) is 6.07 Å². The van der Waals surface area contributed by atoms with Gasteiger partial charge in [0.2, 0.25) is 0 Å². The predicted octanol–water partition coefficient (Wildman–Crippen LogP) is 4.55. The molecule has 0 radical (unpaired) electrons. The number of hydrogen-bond acceptors (Lipinski definition) is 5. The van der Waals surface area contributed by atoms with E-state index in [2.05, 4.69) is 27.9 Å². The number of halogens is 1. The van der Waals surface area contributed by atoms with E-state index in [-0.39, 0.29) is 13.2 Å². The summed E-state index contributed by atoms with van der Waals surface area (Å²) in [5.74, 6) is 0.745. The Morgan fingerprint density at radius 3 is 2.77 bits per heavy atom. The fourth-order valence-electron chi connectivity index (χ4n) is 2.43. The van der Waals surface area contributed by atoms with Gasteiger partial charge in [-0.15, -0.1) is 0 Å². The lowest BCUT2D eigenvalue weighted by atomic mass is 10.1. The Morgan fingerprint density at radius 2 is 2.00 bits per heavy atom. The van der Waals surface area contributed by atoms with Crippen LogP contribution in [0.2, 0.25) is 0 Å². The normalized spacial score (nSPS) is 10.5. The van der Waals surface area contributed by atoms with Gasteiger partial charge in [-0.2, -0.15) is 0 Å². The first kappa shape index (κ1) is 18.2. The van der Waals surface area contributed by atoms with Crippen LogP contribution in [0, 0.1) is 3.57 Å². The lowest BCUT2D eigenvalue weighted by Crippen LogP contribution is -2.13. The van der Waals surface area contributed by atoms with Gasteiger partial charge in [0.15, 0.2) is 0 Å². The van der Waals surface area contributed by atoms with Crippen molar-refractivity contribution in [3.05, 3.63) is 68.1 Å². The standard InChI is InChI=1S/C19H16INO5/c1-2-24-19(23)21-13-7-8-14-12(9-18(22)26-17(14)10-13)11-25-16-6-4-3-5-15(16)20/h3-10H,2,11H2,1H3,(H,21,23). The Kier molecular flexibility index (Phi) is 5.77. The first-order valence-electron chi connectivity index (χ1n) is 7.94. The first-order chi connectivity index (χ1) is 12.6. The Hall–Kier alpha value is -2.55. The molecule has 0 aliphatic heterocycles. The lowest BCUT2D eigenvalue weighted by molar-refractivity contribution is 0.168. The Labute approximate surface area is 163 Å². The Morgan fingerprint density at radius 1 is 1.19 bits per heavy atom. The molecule has 0 aliphatic rings. The van der Waals surface area contributed by atoms with Crippen molar-refractivity contribution in [3.8, 4) is 5.75 Å². The third-order valence-electron chi connectivity index (χ3n) is 3.57. The molecule has 1 amide bonds. The second kappa shape index (κ2) is 8.22. The zero-order valence-corrected chi connectivity index (χ0v) is 16.1. The van der Waals surface area contributed by atoms with Crippen LogP contribution in [0.15, 0.2) is 57.7 Å². The summed E-state index contributed by atoms with van der Waals surface area (Å²) in [5.41, 5.74) is 1.08. The number of para-hydroxylation sites is 1. The van der Waals surface area contributed by atoms with Gasteiger partial charge in [0.25, 0.3) is 0 Å². The third kappa shape index (κ3) is 4.34. The van der Waals surface area contributed by atoms with Crippen molar-refractivity contribution in [2.24, 2.45) is 0 Å². The van der Waals surface area contributed by atoms with Gasteiger partial charge in [0.1, 0.15) is 17.9 Å². The smallest absolute Gasteiger partial charge is 0.411 e. The predicted molar refractivity (Wildman–Crippen MR) is 107 cm³/mol. The van der Waals surface area contributed by atoms with Gasteiger partial charge in [-0.05, 0) is 53.8 Å². The molecule has 0 unspecified atom stereocenters. The van der Waals surface area contributed by atoms with E-state index in [9.17, 15) is 9.59 Å². The number of hydrogen-bond donors (Lipinski definition) is 1. The van der Waals surface area contributed by atoms with Crippen molar-refractivity contribution in [2.45, 2.75) is 13.5 Å². The zero-order chi connectivity index (χ0) is 18.5. The SMILES string of the molecule is CCOC(=O)Nc1ccc2c(COc3ccccc3I)cc(=O)oc2c1. The van der Waals surface area contributed by atoms with Gasteiger partial charge in [0.05, 0.1) is 10.2 Å². The molecule has 1 N–H and O–H groups in total. The van der Waals surface area contributed by atoms with Crippen molar-refractivity contribution in [3.63, 3.8) is 0 Å². The zero-order valence-electron chi connectivity index (χ0n) is 14.0. The van der Waals surface area contributed by atoms with Crippen LogP contribution in [0.5, 0.6) is 5.75 Å². The largest absolute Gasteiger partial charge is 0.488 e. The molecule has 6 nitrogen and oxygen atoms in total. The topological polar surface area (TPSA) is 77.8 Å². The molecule has 0 saturated carbocycles. The molecule has 0 atom stereocenters. The Bertz CT molecular complexity index is 999. The van der Waals surface area contributed by atoms with Crippen LogP contribution >= 0.6 is 22.6 Å². The monoisotopic (exact) mass is 465 g/mol. The van der Waals surface area contributed by atoms with Gasteiger partial charge < -0.3 is 13.9 Å². The van der Waals surface area contributed by atoms with Gasteiger partial charge in [-0.25, -0.2) is 9.59 Å². The van der Waals surface area contributed by atoms with Crippen molar-refractivity contribution < 1.29 is 18.7 Å². The van der Waals surface area contributed by atoms with Crippen LogP contribution in [0.25, 0.3) is 11.0 Å². The number of nitrogens with one attached hydrogen (secondary N) is 1. The van der Waals surface area contributed by atoms with E-state index in [0.717, 1.165) is 14.7 Å². The van der Waals surface area contributed by atoms with Gasteiger partial charge in [-0.3, -0.25) is 5.32 Å². The van der Waals surface area contributed by atoms with E-state index in [0.29, 0.717) is 16.8 Å². The minimum Gasteiger partial charge on any atom is -0.488 e. The average molecular weight is 465 g/mol. The molecule has 7 heteroatoms. The van der Waals surface area contributed by atoms with Crippen LogP contribution in [-0.2, 0) is 11.3 Å². The van der Waals surface area contributed by atoms with Crippen LogP contribution in [0.4, 0.5) is 10.5 Å². The maximum atomic E-state index is 11.9.